The molecule has 1 atom stereocenters. The number of furan rings is 1. The van der Waals surface area contributed by atoms with E-state index >= 15 is 0 Å². The average molecular weight is 271 g/mol. The van der Waals surface area contributed by atoms with Crippen molar-refractivity contribution < 1.29 is 4.42 Å². The molecule has 1 heterocycles. The average Bonchev–Trinajstić information content (AvgIpc) is 2.96. The molecule has 1 aromatic heterocycles. The number of rotatable bonds is 8. The van der Waals surface area contributed by atoms with Gasteiger partial charge in [0.25, 0.3) is 0 Å². The molecule has 2 nitrogen and oxygen atoms in total. The van der Waals surface area contributed by atoms with Gasteiger partial charge in [0.05, 0.1) is 6.26 Å². The second-order valence-corrected chi connectivity index (χ2v) is 5.46. The molecule has 2 heteroatoms. The molecule has 0 aliphatic rings. The molecule has 1 N–H and O–H groups in total. The first-order valence-corrected chi connectivity index (χ1v) is 7.59. The van der Waals surface area contributed by atoms with Crippen LogP contribution >= 0.6 is 0 Å². The van der Waals surface area contributed by atoms with E-state index in [2.05, 4.69) is 49.5 Å². The molecule has 0 radical (unpaired) electrons. The highest BCUT2D eigenvalue weighted by Gasteiger charge is 2.10. The first-order chi connectivity index (χ1) is 9.78. The van der Waals surface area contributed by atoms with Crippen LogP contribution in [-0.4, -0.2) is 12.6 Å². The highest BCUT2D eigenvalue weighted by molar-refractivity contribution is 5.21. The molecule has 0 amide bonds. The molecule has 0 aliphatic heterocycles. The van der Waals surface area contributed by atoms with Crippen LogP contribution in [0.25, 0.3) is 0 Å². The van der Waals surface area contributed by atoms with E-state index in [0.29, 0.717) is 6.04 Å². The molecule has 0 spiro atoms. The van der Waals surface area contributed by atoms with E-state index in [1.54, 1.807) is 6.26 Å². The van der Waals surface area contributed by atoms with Crippen molar-refractivity contribution in [2.24, 2.45) is 0 Å². The van der Waals surface area contributed by atoms with Gasteiger partial charge in [-0.05, 0) is 50.4 Å². The summed E-state index contributed by atoms with van der Waals surface area (Å²) in [5.41, 5.74) is 2.74. The zero-order chi connectivity index (χ0) is 14.2. The Hall–Kier alpha value is -1.54. The second kappa shape index (κ2) is 7.91. The smallest absolute Gasteiger partial charge is 0.105 e. The molecule has 20 heavy (non-hydrogen) atoms. The van der Waals surface area contributed by atoms with Gasteiger partial charge in [0.2, 0.25) is 0 Å². The van der Waals surface area contributed by atoms with Crippen molar-refractivity contribution in [3.63, 3.8) is 0 Å². The zero-order valence-corrected chi connectivity index (χ0v) is 12.6. The molecule has 108 valence electrons. The highest BCUT2D eigenvalue weighted by atomic mass is 16.3. The van der Waals surface area contributed by atoms with Crippen LogP contribution in [0.15, 0.2) is 47.1 Å². The van der Waals surface area contributed by atoms with Gasteiger partial charge in [0.1, 0.15) is 5.76 Å². The van der Waals surface area contributed by atoms with Gasteiger partial charge in [0, 0.05) is 12.5 Å². The Morgan fingerprint density at radius 2 is 1.95 bits per heavy atom. The third kappa shape index (κ3) is 4.86. The Kier molecular flexibility index (Phi) is 5.87. The summed E-state index contributed by atoms with van der Waals surface area (Å²) in [4.78, 5) is 0. The van der Waals surface area contributed by atoms with Crippen LogP contribution in [-0.2, 0) is 12.8 Å². The number of aryl methyl sites for hydroxylation is 2. The van der Waals surface area contributed by atoms with Crippen molar-refractivity contribution >= 4 is 0 Å². The lowest BCUT2D eigenvalue weighted by atomic mass is 10.0. The molecular formula is C18H25NO. The number of hydrogen-bond donors (Lipinski definition) is 1. The number of benzene rings is 1. The maximum absolute atomic E-state index is 5.47. The highest BCUT2D eigenvalue weighted by Crippen LogP contribution is 2.11. The summed E-state index contributed by atoms with van der Waals surface area (Å²) >= 11 is 0. The number of hydrogen-bond acceptors (Lipinski definition) is 2. The van der Waals surface area contributed by atoms with Gasteiger partial charge >= 0.3 is 0 Å². The van der Waals surface area contributed by atoms with Gasteiger partial charge in [-0.2, -0.15) is 0 Å². The molecule has 1 unspecified atom stereocenters. The van der Waals surface area contributed by atoms with E-state index in [-0.39, 0.29) is 0 Å². The van der Waals surface area contributed by atoms with Crippen LogP contribution in [0.5, 0.6) is 0 Å². The van der Waals surface area contributed by atoms with Gasteiger partial charge in [0.15, 0.2) is 0 Å². The van der Waals surface area contributed by atoms with Gasteiger partial charge < -0.3 is 9.73 Å². The standard InChI is InChI=1S/C18H25NO/c1-3-12-19-17(14-18-5-4-13-20-18)11-10-16-8-6-15(2)7-9-16/h4-9,13,17,19H,3,10-12,14H2,1-2H3. The van der Waals surface area contributed by atoms with Crippen molar-refractivity contribution in [2.45, 2.75) is 45.6 Å². The SMILES string of the molecule is CCCNC(CCc1ccc(C)cc1)Cc1ccco1. The van der Waals surface area contributed by atoms with E-state index in [1.165, 1.54) is 17.5 Å². The first kappa shape index (κ1) is 14.9. The zero-order valence-electron chi connectivity index (χ0n) is 12.6. The van der Waals surface area contributed by atoms with Crippen LogP contribution in [0.3, 0.4) is 0 Å². The number of nitrogens with one attached hydrogen (secondary N) is 1. The lowest BCUT2D eigenvalue weighted by Gasteiger charge is -2.17. The molecule has 0 saturated carbocycles. The third-order valence-corrected chi connectivity index (χ3v) is 3.61. The minimum Gasteiger partial charge on any atom is -0.469 e. The molecule has 0 aliphatic carbocycles. The summed E-state index contributed by atoms with van der Waals surface area (Å²) < 4.78 is 5.47. The van der Waals surface area contributed by atoms with Gasteiger partial charge in [-0.15, -0.1) is 0 Å². The Labute approximate surface area is 122 Å². The van der Waals surface area contributed by atoms with Gasteiger partial charge in [-0.25, -0.2) is 0 Å². The van der Waals surface area contributed by atoms with Crippen LogP contribution in [0.1, 0.15) is 36.7 Å². The van der Waals surface area contributed by atoms with Crippen molar-refractivity contribution in [2.75, 3.05) is 6.54 Å². The van der Waals surface area contributed by atoms with Crippen LogP contribution in [0.2, 0.25) is 0 Å². The Morgan fingerprint density at radius 3 is 2.60 bits per heavy atom. The molecule has 0 fully saturated rings. The fourth-order valence-electron chi connectivity index (χ4n) is 2.39. The van der Waals surface area contributed by atoms with Crippen LogP contribution in [0.4, 0.5) is 0 Å². The van der Waals surface area contributed by atoms with Crippen molar-refractivity contribution in [1.82, 2.24) is 5.32 Å². The fourth-order valence-corrected chi connectivity index (χ4v) is 2.39. The second-order valence-electron chi connectivity index (χ2n) is 5.46. The predicted octanol–water partition coefficient (Wildman–Crippen LogP) is 4.13. The normalized spacial score (nSPS) is 12.5. The molecule has 1 aromatic carbocycles. The van der Waals surface area contributed by atoms with E-state index in [4.69, 9.17) is 4.42 Å². The summed E-state index contributed by atoms with van der Waals surface area (Å²) in [5.74, 6) is 1.07. The first-order valence-electron chi connectivity index (χ1n) is 7.59. The topological polar surface area (TPSA) is 25.2 Å². The van der Waals surface area contributed by atoms with Crippen molar-refractivity contribution in [1.29, 1.82) is 0 Å². The lowest BCUT2D eigenvalue weighted by molar-refractivity contribution is 0.424. The van der Waals surface area contributed by atoms with Gasteiger partial charge in [-0.3, -0.25) is 0 Å². The minimum atomic E-state index is 0.488. The maximum Gasteiger partial charge on any atom is 0.105 e. The van der Waals surface area contributed by atoms with Crippen LogP contribution < -0.4 is 5.32 Å². The maximum atomic E-state index is 5.47. The van der Waals surface area contributed by atoms with E-state index in [1.807, 2.05) is 6.07 Å². The minimum absolute atomic E-state index is 0.488. The molecule has 2 rings (SSSR count). The Balaban J connectivity index is 1.87. The van der Waals surface area contributed by atoms with Crippen molar-refractivity contribution in [3.8, 4) is 0 Å². The monoisotopic (exact) mass is 271 g/mol. The summed E-state index contributed by atoms with van der Waals surface area (Å²) in [6.45, 7) is 5.41. The van der Waals surface area contributed by atoms with Crippen molar-refractivity contribution in [3.05, 3.63) is 59.5 Å². The summed E-state index contributed by atoms with van der Waals surface area (Å²) in [6.07, 6.45) is 6.15. The summed E-state index contributed by atoms with van der Waals surface area (Å²) in [5, 5.41) is 3.63. The van der Waals surface area contributed by atoms with E-state index in [0.717, 1.165) is 31.6 Å². The quantitative estimate of drug-likeness (QED) is 0.781. The van der Waals surface area contributed by atoms with E-state index < -0.39 is 0 Å². The van der Waals surface area contributed by atoms with E-state index in [9.17, 15) is 0 Å². The Morgan fingerprint density at radius 1 is 1.15 bits per heavy atom. The largest absolute Gasteiger partial charge is 0.469 e. The summed E-state index contributed by atoms with van der Waals surface area (Å²) in [6, 6.07) is 13.4. The van der Waals surface area contributed by atoms with Crippen LogP contribution in [0, 0.1) is 6.92 Å². The summed E-state index contributed by atoms with van der Waals surface area (Å²) in [7, 11) is 0. The fraction of sp³-hybridized carbons (Fsp3) is 0.444. The van der Waals surface area contributed by atoms with Gasteiger partial charge in [-0.1, -0.05) is 36.8 Å². The molecule has 0 bridgehead atoms. The molecule has 2 aromatic rings. The lowest BCUT2D eigenvalue weighted by Crippen LogP contribution is -2.32. The Bertz CT molecular complexity index is 473. The molecule has 0 saturated heterocycles. The predicted molar refractivity (Wildman–Crippen MR) is 84.0 cm³/mol. The molecular weight excluding hydrogens is 246 g/mol. The third-order valence-electron chi connectivity index (χ3n) is 3.61.